The summed E-state index contributed by atoms with van der Waals surface area (Å²) in [6, 6.07) is 5.92. The minimum absolute atomic E-state index is 0.505. The van der Waals surface area contributed by atoms with E-state index in [0.717, 1.165) is 48.8 Å². The van der Waals surface area contributed by atoms with Crippen molar-refractivity contribution in [3.8, 4) is 0 Å². The second-order valence-electron chi connectivity index (χ2n) is 7.04. The molecular weight excluding hydrogens is 384 g/mol. The lowest BCUT2D eigenvalue weighted by Gasteiger charge is -2.33. The molecule has 3 rings (SSSR count). The van der Waals surface area contributed by atoms with Gasteiger partial charge in [0.1, 0.15) is 5.82 Å². The Kier molecular flexibility index (Phi) is 6.95. The molecule has 0 amide bonds. The zero-order valence-electron chi connectivity index (χ0n) is 17.4. The van der Waals surface area contributed by atoms with E-state index in [-0.39, 0.29) is 0 Å². The zero-order valence-corrected chi connectivity index (χ0v) is 18.2. The Morgan fingerprint density at radius 1 is 1.07 bits per heavy atom. The molecule has 1 aliphatic heterocycles. The Morgan fingerprint density at radius 3 is 2.48 bits per heavy atom. The van der Waals surface area contributed by atoms with Crippen molar-refractivity contribution >= 4 is 40.4 Å². The molecule has 9 heteroatoms. The van der Waals surface area contributed by atoms with Gasteiger partial charge in [-0.3, -0.25) is 0 Å². The van der Waals surface area contributed by atoms with Crippen molar-refractivity contribution in [2.24, 2.45) is 0 Å². The third-order valence-corrected chi connectivity index (χ3v) is 5.29. The Labute approximate surface area is 177 Å². The van der Waals surface area contributed by atoms with Crippen LogP contribution in [-0.2, 0) is 0 Å². The predicted octanol–water partition coefficient (Wildman–Crippen LogP) is 2.21. The Morgan fingerprint density at radius 2 is 1.83 bits per heavy atom. The van der Waals surface area contributed by atoms with Crippen LogP contribution in [0.5, 0.6) is 0 Å². The highest BCUT2D eigenvalue weighted by atomic mass is 32.1. The van der Waals surface area contributed by atoms with E-state index in [1.807, 2.05) is 32.2 Å². The molecule has 0 radical (unpaired) electrons. The molecule has 0 unspecified atom stereocenters. The van der Waals surface area contributed by atoms with Gasteiger partial charge in [0.05, 0.1) is 17.6 Å². The zero-order chi connectivity index (χ0) is 20.8. The van der Waals surface area contributed by atoms with E-state index in [1.54, 1.807) is 13.2 Å². The summed E-state index contributed by atoms with van der Waals surface area (Å²) in [5.41, 5.74) is 3.88. The van der Waals surface area contributed by atoms with E-state index in [0.29, 0.717) is 16.9 Å². The third-order valence-electron chi connectivity index (χ3n) is 4.99. The van der Waals surface area contributed by atoms with Gasteiger partial charge >= 0.3 is 0 Å². The molecule has 1 saturated heterocycles. The minimum atomic E-state index is 0.505. The molecule has 2 aromatic rings. The van der Waals surface area contributed by atoms with Crippen LogP contribution in [0.3, 0.4) is 0 Å². The summed E-state index contributed by atoms with van der Waals surface area (Å²) in [6.07, 6.45) is 3.63. The maximum atomic E-state index is 5.16. The summed E-state index contributed by atoms with van der Waals surface area (Å²) in [7, 11) is 3.94. The first-order chi connectivity index (χ1) is 14.0. The molecular formula is C20H28N8S. The molecule has 1 aliphatic rings. The number of anilines is 3. The fourth-order valence-corrected chi connectivity index (χ4v) is 3.13. The van der Waals surface area contributed by atoms with Crippen molar-refractivity contribution < 1.29 is 0 Å². The van der Waals surface area contributed by atoms with E-state index < -0.39 is 0 Å². The van der Waals surface area contributed by atoms with Crippen LogP contribution in [-0.4, -0.2) is 65.2 Å². The molecule has 0 saturated carbocycles. The summed E-state index contributed by atoms with van der Waals surface area (Å²) < 4.78 is 0. The first kappa shape index (κ1) is 20.9. The van der Waals surface area contributed by atoms with Gasteiger partial charge in [0, 0.05) is 45.1 Å². The van der Waals surface area contributed by atoms with E-state index in [2.05, 4.69) is 53.8 Å². The van der Waals surface area contributed by atoms with Gasteiger partial charge in [-0.05, 0) is 56.9 Å². The Balaban J connectivity index is 1.68. The molecule has 2 aromatic heterocycles. The third kappa shape index (κ3) is 5.61. The van der Waals surface area contributed by atoms with E-state index in [4.69, 9.17) is 12.2 Å². The number of likely N-dealkylation sites (N-methyl/N-ethyl adjacent to an activating group) is 1. The number of nitrogens with zero attached hydrogens (tertiary/aromatic N) is 5. The monoisotopic (exact) mass is 412 g/mol. The largest absolute Gasteiger partial charge is 0.368 e. The summed E-state index contributed by atoms with van der Waals surface area (Å²) >= 11 is 5.16. The summed E-state index contributed by atoms with van der Waals surface area (Å²) in [5, 5.41) is 9.79. The first-order valence-corrected chi connectivity index (χ1v) is 10.0. The van der Waals surface area contributed by atoms with E-state index >= 15 is 0 Å². The highest BCUT2D eigenvalue weighted by Gasteiger charge is 2.14. The first-order valence-electron chi connectivity index (χ1n) is 9.62. The maximum absolute atomic E-state index is 5.16. The number of rotatable bonds is 5. The minimum Gasteiger partial charge on any atom is -0.368 e. The number of allylic oxidation sites excluding steroid dienone is 2. The van der Waals surface area contributed by atoms with Crippen LogP contribution >= 0.6 is 12.2 Å². The smallest absolute Gasteiger partial charge is 0.228 e. The molecule has 29 heavy (non-hydrogen) atoms. The second-order valence-corrected chi connectivity index (χ2v) is 7.44. The van der Waals surface area contributed by atoms with Crippen molar-refractivity contribution in [1.82, 2.24) is 30.5 Å². The molecule has 1 fully saturated rings. The van der Waals surface area contributed by atoms with Crippen molar-refractivity contribution in [3.63, 3.8) is 0 Å². The average molecular weight is 413 g/mol. The maximum Gasteiger partial charge on any atom is 0.228 e. The fraction of sp³-hybridized carbons (Fsp3) is 0.400. The lowest BCUT2D eigenvalue weighted by atomic mass is 10.1. The van der Waals surface area contributed by atoms with E-state index in [1.165, 1.54) is 0 Å². The number of hydrogen-bond acceptors (Lipinski definition) is 7. The number of thiocarbonyl (C=S) groups is 1. The van der Waals surface area contributed by atoms with Crippen molar-refractivity contribution in [3.05, 3.63) is 42.0 Å². The summed E-state index contributed by atoms with van der Waals surface area (Å²) in [4.78, 5) is 18.1. The summed E-state index contributed by atoms with van der Waals surface area (Å²) in [6.45, 7) is 8.14. The molecule has 0 aromatic carbocycles. The number of hydrogen-bond donors (Lipinski definition) is 3. The number of piperazine rings is 1. The summed E-state index contributed by atoms with van der Waals surface area (Å²) in [5.74, 6) is 1.22. The van der Waals surface area contributed by atoms with Gasteiger partial charge in [-0.15, -0.1) is 0 Å². The highest BCUT2D eigenvalue weighted by Crippen LogP contribution is 2.20. The van der Waals surface area contributed by atoms with Crippen LogP contribution in [0, 0.1) is 0 Å². The molecule has 8 nitrogen and oxygen atoms in total. The van der Waals surface area contributed by atoms with Crippen LogP contribution in [0.4, 0.5) is 17.5 Å². The van der Waals surface area contributed by atoms with Gasteiger partial charge < -0.3 is 25.8 Å². The van der Waals surface area contributed by atoms with Crippen LogP contribution in [0.2, 0.25) is 0 Å². The fourth-order valence-electron chi connectivity index (χ4n) is 2.97. The van der Waals surface area contributed by atoms with Crippen LogP contribution in [0.25, 0.3) is 5.57 Å². The highest BCUT2D eigenvalue weighted by molar-refractivity contribution is 7.80. The number of nitrogens with one attached hydrogen (secondary N) is 3. The van der Waals surface area contributed by atoms with Crippen molar-refractivity contribution in [2.75, 3.05) is 50.5 Å². The topological polar surface area (TPSA) is 81.2 Å². The molecule has 3 heterocycles. The van der Waals surface area contributed by atoms with Crippen molar-refractivity contribution in [2.45, 2.75) is 13.8 Å². The van der Waals surface area contributed by atoms with Crippen LogP contribution in [0.1, 0.15) is 19.5 Å². The lowest BCUT2D eigenvalue weighted by molar-refractivity contribution is 0.313. The Hall–Kier alpha value is -2.78. The quantitative estimate of drug-likeness (QED) is 0.640. The SMILES string of the molecule is CNC(=S)N/C(C)=C(\C)c1ccnc(Nc2ccc(N3CCN(C)CC3)cn2)n1. The number of pyridine rings is 1. The van der Waals surface area contributed by atoms with Gasteiger partial charge in [0.25, 0.3) is 0 Å². The lowest BCUT2D eigenvalue weighted by Crippen LogP contribution is -2.44. The Bertz CT molecular complexity index is 872. The van der Waals surface area contributed by atoms with Gasteiger partial charge in [0.2, 0.25) is 5.95 Å². The van der Waals surface area contributed by atoms with Gasteiger partial charge in [0.15, 0.2) is 5.11 Å². The average Bonchev–Trinajstić information content (AvgIpc) is 2.74. The van der Waals surface area contributed by atoms with Crippen LogP contribution in [0.15, 0.2) is 36.3 Å². The normalized spacial score (nSPS) is 15.5. The molecule has 154 valence electrons. The standard InChI is InChI=1S/C20H28N8S/c1-14(15(2)24-20(29)21-3)17-7-8-22-19(25-17)26-18-6-5-16(13-23-18)28-11-9-27(4)10-12-28/h5-8,13H,9-12H2,1-4H3,(H2,21,24,29)(H,22,23,25,26)/b15-14+. The molecule has 3 N–H and O–H groups in total. The molecule has 0 aliphatic carbocycles. The number of aromatic nitrogens is 3. The predicted molar refractivity (Wildman–Crippen MR) is 122 cm³/mol. The van der Waals surface area contributed by atoms with Gasteiger partial charge in [-0.1, -0.05) is 0 Å². The second kappa shape index (κ2) is 9.62. The van der Waals surface area contributed by atoms with E-state index in [9.17, 15) is 0 Å². The van der Waals surface area contributed by atoms with Crippen LogP contribution < -0.4 is 20.9 Å². The van der Waals surface area contributed by atoms with Crippen molar-refractivity contribution in [1.29, 1.82) is 0 Å². The van der Waals surface area contributed by atoms with Gasteiger partial charge in [-0.25, -0.2) is 15.0 Å². The molecule has 0 atom stereocenters. The molecule has 0 bridgehead atoms. The molecule has 0 spiro atoms. The van der Waals surface area contributed by atoms with Gasteiger partial charge in [-0.2, -0.15) is 0 Å².